The smallest absolute Gasteiger partial charge is 0.220 e. The van der Waals surface area contributed by atoms with E-state index in [0.29, 0.717) is 6.42 Å². The number of carbonyl (C=O) groups excluding carboxylic acids is 1. The number of amides is 1. The second kappa shape index (κ2) is 9.71. The molecule has 0 saturated carbocycles. The molecule has 0 unspecified atom stereocenters. The molecule has 0 fully saturated rings. The van der Waals surface area contributed by atoms with Gasteiger partial charge in [0.2, 0.25) is 5.91 Å². The Morgan fingerprint density at radius 1 is 1.33 bits per heavy atom. The predicted molar refractivity (Wildman–Crippen MR) is 64.8 cm³/mol. The summed E-state index contributed by atoms with van der Waals surface area (Å²) < 4.78 is 0. The van der Waals surface area contributed by atoms with Gasteiger partial charge in [-0.25, -0.2) is 0 Å². The quantitative estimate of drug-likeness (QED) is 0.467. The zero-order valence-electron chi connectivity index (χ0n) is 10.1. The van der Waals surface area contributed by atoms with Crippen molar-refractivity contribution in [3.8, 4) is 0 Å². The molecular weight excluding hydrogens is 188 g/mol. The van der Waals surface area contributed by atoms with Crippen LogP contribution in [0.3, 0.4) is 0 Å². The van der Waals surface area contributed by atoms with Gasteiger partial charge in [0.05, 0.1) is 0 Å². The first-order chi connectivity index (χ1) is 7.16. The molecule has 0 aromatic rings. The molecule has 0 aromatic heterocycles. The molecule has 0 aliphatic heterocycles. The number of hydrogen-bond acceptors (Lipinski definition) is 2. The Hall–Kier alpha value is -0.830. The van der Waals surface area contributed by atoms with Gasteiger partial charge < -0.3 is 10.2 Å². The van der Waals surface area contributed by atoms with Gasteiger partial charge in [0.25, 0.3) is 0 Å². The van der Waals surface area contributed by atoms with Crippen molar-refractivity contribution in [2.24, 2.45) is 0 Å². The number of nitrogens with one attached hydrogen (secondary N) is 1. The summed E-state index contributed by atoms with van der Waals surface area (Å²) in [5.74, 6) is 0.176. The molecule has 0 atom stereocenters. The Balaban J connectivity index is 3.22. The van der Waals surface area contributed by atoms with Crippen LogP contribution in [0.4, 0.5) is 0 Å². The van der Waals surface area contributed by atoms with Gasteiger partial charge in [-0.15, -0.1) is 6.58 Å². The lowest BCUT2D eigenvalue weighted by atomic mass is 10.1. The van der Waals surface area contributed by atoms with Crippen molar-refractivity contribution in [2.45, 2.75) is 32.1 Å². The lowest BCUT2D eigenvalue weighted by molar-refractivity contribution is -0.121. The summed E-state index contributed by atoms with van der Waals surface area (Å²) in [5, 5.41) is 2.90. The molecule has 0 saturated heterocycles. The summed E-state index contributed by atoms with van der Waals surface area (Å²) in [6.07, 6.45) is 6.90. The third kappa shape index (κ3) is 11.1. The maximum absolute atomic E-state index is 11.3. The van der Waals surface area contributed by atoms with Gasteiger partial charge in [-0.05, 0) is 33.4 Å². The second-order valence-corrected chi connectivity index (χ2v) is 4.04. The first-order valence-electron chi connectivity index (χ1n) is 5.69. The molecule has 0 aliphatic rings. The highest BCUT2D eigenvalue weighted by molar-refractivity contribution is 5.75. The van der Waals surface area contributed by atoms with Crippen LogP contribution in [0.2, 0.25) is 0 Å². The van der Waals surface area contributed by atoms with Crippen molar-refractivity contribution in [1.82, 2.24) is 10.2 Å². The van der Waals surface area contributed by atoms with E-state index in [1.807, 2.05) is 20.2 Å². The van der Waals surface area contributed by atoms with Gasteiger partial charge in [0.1, 0.15) is 0 Å². The van der Waals surface area contributed by atoms with E-state index in [-0.39, 0.29) is 5.91 Å². The molecule has 15 heavy (non-hydrogen) atoms. The van der Waals surface area contributed by atoms with Crippen molar-refractivity contribution in [2.75, 3.05) is 27.2 Å². The third-order valence-corrected chi connectivity index (χ3v) is 2.19. The van der Waals surface area contributed by atoms with Crippen molar-refractivity contribution < 1.29 is 4.79 Å². The van der Waals surface area contributed by atoms with E-state index in [4.69, 9.17) is 0 Å². The van der Waals surface area contributed by atoms with E-state index in [1.54, 1.807) is 0 Å². The van der Waals surface area contributed by atoms with Gasteiger partial charge in [-0.2, -0.15) is 0 Å². The Labute approximate surface area is 93.5 Å². The van der Waals surface area contributed by atoms with Gasteiger partial charge in [-0.1, -0.05) is 12.5 Å². The first kappa shape index (κ1) is 14.2. The van der Waals surface area contributed by atoms with Crippen molar-refractivity contribution in [3.63, 3.8) is 0 Å². The van der Waals surface area contributed by atoms with Crippen molar-refractivity contribution >= 4 is 5.91 Å². The van der Waals surface area contributed by atoms with Crippen LogP contribution < -0.4 is 5.32 Å². The summed E-state index contributed by atoms with van der Waals surface area (Å²) in [4.78, 5) is 13.4. The normalized spacial score (nSPS) is 10.3. The SMILES string of the molecule is C=CCCCCCC(=O)NCCN(C)C. The molecule has 0 radical (unpaired) electrons. The van der Waals surface area contributed by atoms with Crippen LogP contribution >= 0.6 is 0 Å². The van der Waals surface area contributed by atoms with E-state index >= 15 is 0 Å². The van der Waals surface area contributed by atoms with E-state index in [2.05, 4.69) is 16.8 Å². The Morgan fingerprint density at radius 2 is 2.07 bits per heavy atom. The highest BCUT2D eigenvalue weighted by Crippen LogP contribution is 2.02. The zero-order chi connectivity index (χ0) is 11.5. The third-order valence-electron chi connectivity index (χ3n) is 2.19. The fourth-order valence-corrected chi connectivity index (χ4v) is 1.26. The topological polar surface area (TPSA) is 32.3 Å². The number of likely N-dealkylation sites (N-methyl/N-ethyl adjacent to an activating group) is 1. The fraction of sp³-hybridized carbons (Fsp3) is 0.750. The highest BCUT2D eigenvalue weighted by Gasteiger charge is 1.99. The monoisotopic (exact) mass is 212 g/mol. The summed E-state index contributed by atoms with van der Waals surface area (Å²) in [7, 11) is 4.00. The maximum Gasteiger partial charge on any atom is 0.220 e. The number of carbonyl (C=O) groups is 1. The maximum atomic E-state index is 11.3. The molecule has 3 nitrogen and oxygen atoms in total. The Morgan fingerprint density at radius 3 is 2.67 bits per heavy atom. The predicted octanol–water partition coefficient (Wildman–Crippen LogP) is 1.80. The minimum absolute atomic E-state index is 0.176. The zero-order valence-corrected chi connectivity index (χ0v) is 10.1. The lowest BCUT2D eigenvalue weighted by Crippen LogP contribution is -2.31. The van der Waals surface area contributed by atoms with Gasteiger partial charge in [0, 0.05) is 19.5 Å². The number of rotatable bonds is 9. The van der Waals surface area contributed by atoms with Crippen LogP contribution in [0.1, 0.15) is 32.1 Å². The van der Waals surface area contributed by atoms with Crippen LogP contribution in [0.5, 0.6) is 0 Å². The molecule has 0 spiro atoms. The summed E-state index contributed by atoms with van der Waals surface area (Å²) in [6, 6.07) is 0. The number of hydrogen-bond donors (Lipinski definition) is 1. The van der Waals surface area contributed by atoms with Crippen LogP contribution in [0.25, 0.3) is 0 Å². The standard InChI is InChI=1S/C12H24N2O/c1-4-5-6-7-8-9-12(15)13-10-11-14(2)3/h4H,1,5-11H2,2-3H3,(H,13,15). The molecule has 0 heterocycles. The lowest BCUT2D eigenvalue weighted by Gasteiger charge is -2.10. The number of nitrogens with zero attached hydrogens (tertiary/aromatic N) is 1. The van der Waals surface area contributed by atoms with Crippen LogP contribution in [-0.4, -0.2) is 38.0 Å². The Kier molecular flexibility index (Phi) is 9.18. The Bertz CT molecular complexity index is 178. The molecule has 0 rings (SSSR count). The summed E-state index contributed by atoms with van der Waals surface area (Å²) >= 11 is 0. The molecule has 3 heteroatoms. The van der Waals surface area contributed by atoms with E-state index in [9.17, 15) is 4.79 Å². The molecule has 0 aliphatic carbocycles. The van der Waals surface area contributed by atoms with Gasteiger partial charge in [0.15, 0.2) is 0 Å². The average Bonchev–Trinajstić information content (AvgIpc) is 2.17. The second-order valence-electron chi connectivity index (χ2n) is 4.04. The van der Waals surface area contributed by atoms with E-state index in [0.717, 1.165) is 38.8 Å². The molecule has 1 N–H and O–H groups in total. The number of unbranched alkanes of at least 4 members (excludes halogenated alkanes) is 3. The first-order valence-corrected chi connectivity index (χ1v) is 5.69. The van der Waals surface area contributed by atoms with Crippen LogP contribution in [0, 0.1) is 0 Å². The molecule has 88 valence electrons. The molecular formula is C12H24N2O. The highest BCUT2D eigenvalue weighted by atomic mass is 16.1. The van der Waals surface area contributed by atoms with Crippen molar-refractivity contribution in [3.05, 3.63) is 12.7 Å². The minimum Gasteiger partial charge on any atom is -0.355 e. The average molecular weight is 212 g/mol. The van der Waals surface area contributed by atoms with Crippen LogP contribution in [0.15, 0.2) is 12.7 Å². The summed E-state index contributed by atoms with van der Waals surface area (Å²) in [5.41, 5.74) is 0. The van der Waals surface area contributed by atoms with Crippen LogP contribution in [-0.2, 0) is 4.79 Å². The molecule has 0 aromatic carbocycles. The van der Waals surface area contributed by atoms with Gasteiger partial charge >= 0.3 is 0 Å². The van der Waals surface area contributed by atoms with E-state index < -0.39 is 0 Å². The largest absolute Gasteiger partial charge is 0.355 e. The number of allylic oxidation sites excluding steroid dienone is 1. The fourth-order valence-electron chi connectivity index (χ4n) is 1.26. The van der Waals surface area contributed by atoms with Gasteiger partial charge in [-0.3, -0.25) is 4.79 Å². The molecule has 1 amide bonds. The van der Waals surface area contributed by atoms with Crippen molar-refractivity contribution in [1.29, 1.82) is 0 Å². The summed E-state index contributed by atoms with van der Waals surface area (Å²) in [6.45, 7) is 5.32. The van der Waals surface area contributed by atoms with E-state index in [1.165, 1.54) is 0 Å². The minimum atomic E-state index is 0.176. The molecule has 0 bridgehead atoms.